The van der Waals surface area contributed by atoms with Gasteiger partial charge in [-0.1, -0.05) is 40.6 Å². The Bertz CT molecular complexity index is 1190. The van der Waals surface area contributed by atoms with Crippen molar-refractivity contribution in [3.8, 4) is 5.13 Å². The number of aromatic nitrogens is 3. The first-order chi connectivity index (χ1) is 12.9. The van der Waals surface area contributed by atoms with Crippen LogP contribution in [0.1, 0.15) is 16.1 Å². The number of rotatable bonds is 3. The third-order valence-corrected chi connectivity index (χ3v) is 5.33. The third kappa shape index (κ3) is 3.41. The van der Waals surface area contributed by atoms with Crippen molar-refractivity contribution in [2.45, 2.75) is 6.92 Å². The molecule has 0 fully saturated rings. The Morgan fingerprint density at radius 1 is 1.22 bits per heavy atom. The van der Waals surface area contributed by atoms with E-state index in [0.29, 0.717) is 26.4 Å². The smallest absolute Gasteiger partial charge is 0.258 e. The van der Waals surface area contributed by atoms with Crippen LogP contribution in [0.5, 0.6) is 0 Å². The Morgan fingerprint density at radius 2 is 2.04 bits per heavy atom. The van der Waals surface area contributed by atoms with E-state index in [1.807, 2.05) is 0 Å². The van der Waals surface area contributed by atoms with Gasteiger partial charge in [0.15, 0.2) is 0 Å². The average Bonchev–Trinajstić information content (AvgIpc) is 3.19. The third-order valence-electron chi connectivity index (χ3n) is 3.79. The molecule has 0 atom stereocenters. The number of para-hydroxylation sites is 1. The summed E-state index contributed by atoms with van der Waals surface area (Å²) in [6.07, 6.45) is 0. The van der Waals surface area contributed by atoms with E-state index in [0.717, 1.165) is 0 Å². The van der Waals surface area contributed by atoms with E-state index in [9.17, 15) is 9.18 Å². The normalized spacial score (nSPS) is 11.1. The van der Waals surface area contributed by atoms with Crippen molar-refractivity contribution < 1.29 is 9.18 Å². The van der Waals surface area contributed by atoms with Gasteiger partial charge in [-0.2, -0.15) is 9.78 Å². The number of aryl methyl sites for hydroxylation is 1. The molecule has 0 unspecified atom stereocenters. The summed E-state index contributed by atoms with van der Waals surface area (Å²) in [5.41, 5.74) is 1.22. The van der Waals surface area contributed by atoms with Gasteiger partial charge in [0.25, 0.3) is 5.91 Å². The predicted molar refractivity (Wildman–Crippen MR) is 106 cm³/mol. The first-order valence-corrected chi connectivity index (χ1v) is 9.38. The number of halogens is 3. The molecular formula is C18H11Cl2FN4OS. The van der Waals surface area contributed by atoms with Gasteiger partial charge in [-0.15, -0.1) is 0 Å². The molecule has 27 heavy (non-hydrogen) atoms. The fraction of sp³-hybridized carbons (Fsp3) is 0.0556. The van der Waals surface area contributed by atoms with Crippen molar-refractivity contribution in [2.75, 3.05) is 5.32 Å². The maximum Gasteiger partial charge on any atom is 0.258 e. The van der Waals surface area contributed by atoms with E-state index in [1.165, 1.54) is 28.2 Å². The summed E-state index contributed by atoms with van der Waals surface area (Å²) < 4.78 is 16.1. The van der Waals surface area contributed by atoms with Crippen LogP contribution in [0, 0.1) is 12.7 Å². The maximum atomic E-state index is 13.9. The summed E-state index contributed by atoms with van der Waals surface area (Å²) in [4.78, 5) is 16.9. The minimum atomic E-state index is -0.412. The molecule has 0 aliphatic carbocycles. The quantitative estimate of drug-likeness (QED) is 0.476. The molecule has 4 aromatic rings. The highest BCUT2D eigenvalue weighted by molar-refractivity contribution is 7.20. The highest BCUT2D eigenvalue weighted by Crippen LogP contribution is 2.29. The van der Waals surface area contributed by atoms with Crippen LogP contribution in [0.4, 0.5) is 10.2 Å². The highest BCUT2D eigenvalue weighted by Gasteiger charge is 2.18. The molecule has 1 N–H and O–H groups in total. The second kappa shape index (κ2) is 6.92. The number of nitrogens with one attached hydrogen (secondary N) is 1. The number of amides is 1. The second-order valence-electron chi connectivity index (χ2n) is 5.74. The Labute approximate surface area is 167 Å². The van der Waals surface area contributed by atoms with Crippen LogP contribution in [-0.4, -0.2) is 20.7 Å². The van der Waals surface area contributed by atoms with Gasteiger partial charge in [0.2, 0.25) is 5.13 Å². The molecule has 2 aromatic carbocycles. The first-order valence-electron chi connectivity index (χ1n) is 7.81. The number of hydrogen-bond donors (Lipinski definition) is 1. The standard InChI is InChI=1S/C18H11Cl2FN4OS/c1-9-7-15(22-17(26)11-6-5-10(19)8-12(11)20)25(24-9)18-23-16-13(21)3-2-4-14(16)27-18/h2-8H,1H3,(H,22,26). The summed E-state index contributed by atoms with van der Waals surface area (Å²) >= 11 is 13.3. The molecule has 0 aliphatic heterocycles. The first kappa shape index (κ1) is 17.9. The molecule has 0 spiro atoms. The van der Waals surface area contributed by atoms with Crippen molar-refractivity contribution >= 4 is 56.5 Å². The molecule has 5 nitrogen and oxygen atoms in total. The van der Waals surface area contributed by atoms with E-state index in [-0.39, 0.29) is 16.1 Å². The van der Waals surface area contributed by atoms with Gasteiger partial charge >= 0.3 is 0 Å². The van der Waals surface area contributed by atoms with Gasteiger partial charge in [0.1, 0.15) is 17.2 Å². The molecule has 0 saturated heterocycles. The SMILES string of the molecule is Cc1cc(NC(=O)c2ccc(Cl)cc2Cl)n(-c2nc3c(F)cccc3s2)n1. The molecule has 2 aromatic heterocycles. The molecular weight excluding hydrogens is 410 g/mol. The number of anilines is 1. The number of carbonyl (C=O) groups is 1. The lowest BCUT2D eigenvalue weighted by Crippen LogP contribution is -2.15. The van der Waals surface area contributed by atoms with Gasteiger partial charge in [0.05, 0.1) is 21.0 Å². The minimum Gasteiger partial charge on any atom is -0.306 e. The number of carbonyl (C=O) groups excluding carboxylic acids is 1. The minimum absolute atomic E-state index is 0.241. The lowest BCUT2D eigenvalue weighted by atomic mass is 10.2. The average molecular weight is 421 g/mol. The number of nitrogens with zero attached hydrogens (tertiary/aromatic N) is 3. The number of fused-ring (bicyclic) bond motifs is 1. The Kier molecular flexibility index (Phi) is 4.59. The summed E-state index contributed by atoms with van der Waals surface area (Å²) in [5.74, 6) is -0.412. The zero-order valence-corrected chi connectivity index (χ0v) is 16.2. The topological polar surface area (TPSA) is 59.8 Å². The maximum absolute atomic E-state index is 13.9. The Balaban J connectivity index is 1.72. The summed E-state index contributed by atoms with van der Waals surface area (Å²) in [7, 11) is 0. The molecule has 2 heterocycles. The van der Waals surface area contributed by atoms with Crippen molar-refractivity contribution in [3.05, 3.63) is 69.6 Å². The van der Waals surface area contributed by atoms with Gasteiger partial charge in [-0.05, 0) is 37.3 Å². The highest BCUT2D eigenvalue weighted by atomic mass is 35.5. The fourth-order valence-electron chi connectivity index (χ4n) is 2.59. The van der Waals surface area contributed by atoms with E-state index in [4.69, 9.17) is 23.2 Å². The lowest BCUT2D eigenvalue weighted by molar-refractivity contribution is 0.102. The predicted octanol–water partition coefficient (Wildman–Crippen LogP) is 5.49. The van der Waals surface area contributed by atoms with Gasteiger partial charge < -0.3 is 5.32 Å². The van der Waals surface area contributed by atoms with E-state index >= 15 is 0 Å². The second-order valence-corrected chi connectivity index (χ2v) is 7.60. The molecule has 1 amide bonds. The zero-order chi connectivity index (χ0) is 19.1. The lowest BCUT2D eigenvalue weighted by Gasteiger charge is -2.08. The molecule has 4 rings (SSSR count). The van der Waals surface area contributed by atoms with Crippen LogP contribution in [0.15, 0.2) is 42.5 Å². The van der Waals surface area contributed by atoms with Crippen LogP contribution in [0.3, 0.4) is 0 Å². The van der Waals surface area contributed by atoms with Crippen molar-refractivity contribution in [1.29, 1.82) is 0 Å². The van der Waals surface area contributed by atoms with Crippen LogP contribution < -0.4 is 5.32 Å². The van der Waals surface area contributed by atoms with Crippen LogP contribution in [-0.2, 0) is 0 Å². The molecule has 0 aliphatic rings. The number of thiazole rings is 1. The van der Waals surface area contributed by atoms with Gasteiger partial charge in [0, 0.05) is 11.1 Å². The molecule has 136 valence electrons. The largest absolute Gasteiger partial charge is 0.306 e. The summed E-state index contributed by atoms with van der Waals surface area (Å²) in [6.45, 7) is 1.79. The van der Waals surface area contributed by atoms with Crippen LogP contribution in [0.25, 0.3) is 15.3 Å². The molecule has 0 radical (unpaired) electrons. The Morgan fingerprint density at radius 3 is 2.78 bits per heavy atom. The van der Waals surface area contributed by atoms with Crippen LogP contribution >= 0.6 is 34.5 Å². The van der Waals surface area contributed by atoms with Gasteiger partial charge in [-0.25, -0.2) is 9.37 Å². The Hall–Kier alpha value is -2.48. The van der Waals surface area contributed by atoms with Crippen molar-refractivity contribution in [1.82, 2.24) is 14.8 Å². The van der Waals surface area contributed by atoms with Crippen molar-refractivity contribution in [3.63, 3.8) is 0 Å². The van der Waals surface area contributed by atoms with E-state index in [2.05, 4.69) is 15.4 Å². The molecule has 0 saturated carbocycles. The molecule has 9 heteroatoms. The summed E-state index contributed by atoms with van der Waals surface area (Å²) in [6, 6.07) is 11.1. The zero-order valence-electron chi connectivity index (χ0n) is 13.8. The van der Waals surface area contributed by atoms with E-state index in [1.54, 1.807) is 37.3 Å². The number of benzene rings is 2. The van der Waals surface area contributed by atoms with E-state index < -0.39 is 11.7 Å². The van der Waals surface area contributed by atoms with Gasteiger partial charge in [-0.3, -0.25) is 4.79 Å². The summed E-state index contributed by atoms with van der Waals surface area (Å²) in [5, 5.41) is 8.26. The van der Waals surface area contributed by atoms with Crippen molar-refractivity contribution in [2.24, 2.45) is 0 Å². The fourth-order valence-corrected chi connectivity index (χ4v) is 4.03. The van der Waals surface area contributed by atoms with Crippen LogP contribution in [0.2, 0.25) is 10.0 Å². The number of hydrogen-bond acceptors (Lipinski definition) is 4. The molecule has 0 bridgehead atoms. The monoisotopic (exact) mass is 420 g/mol.